The molecule has 0 saturated carbocycles. The van der Waals surface area contributed by atoms with Crippen molar-refractivity contribution in [2.24, 2.45) is 5.92 Å². The molecule has 37 heavy (non-hydrogen) atoms. The lowest BCUT2D eigenvalue weighted by molar-refractivity contribution is -0.113. The predicted molar refractivity (Wildman–Crippen MR) is 145 cm³/mol. The summed E-state index contributed by atoms with van der Waals surface area (Å²) in [5.74, 6) is -1.88. The summed E-state index contributed by atoms with van der Waals surface area (Å²) in [6.45, 7) is 6.42. The molecule has 198 valence electrons. The summed E-state index contributed by atoms with van der Waals surface area (Å²) >= 11 is 16.3. The van der Waals surface area contributed by atoms with E-state index in [9.17, 15) is 18.4 Å². The van der Waals surface area contributed by atoms with Crippen LogP contribution in [0.1, 0.15) is 49.4 Å². The molecule has 0 fully saturated rings. The van der Waals surface area contributed by atoms with E-state index in [1.165, 1.54) is 6.07 Å². The van der Waals surface area contributed by atoms with Crippen LogP contribution in [-0.4, -0.2) is 32.3 Å². The Hall–Kier alpha value is -2.21. The summed E-state index contributed by atoms with van der Waals surface area (Å²) in [5.41, 5.74) is 0.137. The predicted octanol–water partition coefficient (Wildman–Crippen LogP) is 6.89. The fourth-order valence-corrected chi connectivity index (χ4v) is 5.35. The molecule has 0 saturated heterocycles. The maximum atomic E-state index is 14.1. The van der Waals surface area contributed by atoms with Crippen LogP contribution in [0.15, 0.2) is 40.0 Å². The zero-order chi connectivity index (χ0) is 27.3. The first-order valence-corrected chi connectivity index (χ1v) is 13.8. The number of hydrogen-bond donors (Lipinski definition) is 2. The average Bonchev–Trinajstić information content (AvgIpc) is 3.22. The van der Waals surface area contributed by atoms with Gasteiger partial charge in [-0.05, 0) is 59.5 Å². The van der Waals surface area contributed by atoms with Crippen LogP contribution in [0.4, 0.5) is 14.5 Å². The number of carbonyl (C=O) groups excluding carboxylic acids is 2. The van der Waals surface area contributed by atoms with E-state index in [1.54, 1.807) is 12.1 Å². The Kier molecular flexibility index (Phi) is 10.3. The fraction of sp³-hybridized carbons (Fsp3) is 0.333. The summed E-state index contributed by atoms with van der Waals surface area (Å²) in [6, 6.07) is 5.92. The first-order valence-electron chi connectivity index (χ1n) is 11.3. The molecule has 1 aromatic heterocycles. The van der Waals surface area contributed by atoms with Crippen molar-refractivity contribution < 1.29 is 18.4 Å². The SMILES string of the molecule is CCn1c(SCC(=O)Nc2c(F)cc(F)cc2Br)nnc1[C@@H](CC(C)C)NC(=O)c1ccc(Cl)cc1Cl. The molecular weight excluding hydrogens is 611 g/mol. The topological polar surface area (TPSA) is 88.9 Å². The van der Waals surface area contributed by atoms with Crippen molar-refractivity contribution in [1.82, 2.24) is 20.1 Å². The number of anilines is 1. The van der Waals surface area contributed by atoms with Crippen molar-refractivity contribution in [3.63, 3.8) is 0 Å². The van der Waals surface area contributed by atoms with Crippen LogP contribution in [-0.2, 0) is 11.3 Å². The monoisotopic (exact) mass is 633 g/mol. The second-order valence-electron chi connectivity index (χ2n) is 8.45. The van der Waals surface area contributed by atoms with Crippen LogP contribution < -0.4 is 10.6 Å². The lowest BCUT2D eigenvalue weighted by atomic mass is 10.0. The number of benzene rings is 2. The Labute approximate surface area is 235 Å². The van der Waals surface area contributed by atoms with Gasteiger partial charge in [-0.3, -0.25) is 9.59 Å². The van der Waals surface area contributed by atoms with Crippen molar-refractivity contribution in [3.05, 3.63) is 67.9 Å². The Morgan fingerprint density at radius 2 is 1.89 bits per heavy atom. The Morgan fingerprint density at radius 1 is 1.16 bits per heavy atom. The van der Waals surface area contributed by atoms with Crippen LogP contribution in [0.2, 0.25) is 10.0 Å². The number of nitrogens with one attached hydrogen (secondary N) is 2. The molecule has 3 aromatic rings. The van der Waals surface area contributed by atoms with E-state index in [2.05, 4.69) is 36.8 Å². The van der Waals surface area contributed by atoms with Crippen molar-refractivity contribution in [1.29, 1.82) is 0 Å². The number of carbonyl (C=O) groups is 2. The number of nitrogens with zero attached hydrogens (tertiary/aromatic N) is 3. The fourth-order valence-electron chi connectivity index (χ4n) is 3.54. The van der Waals surface area contributed by atoms with Gasteiger partial charge in [0.25, 0.3) is 5.91 Å². The smallest absolute Gasteiger partial charge is 0.253 e. The molecule has 0 radical (unpaired) electrons. The van der Waals surface area contributed by atoms with Crippen LogP contribution in [0.3, 0.4) is 0 Å². The van der Waals surface area contributed by atoms with E-state index in [-0.39, 0.29) is 38.3 Å². The molecule has 3 rings (SSSR count). The van der Waals surface area contributed by atoms with E-state index in [4.69, 9.17) is 23.2 Å². The average molecular weight is 635 g/mol. The molecule has 0 spiro atoms. The zero-order valence-corrected chi connectivity index (χ0v) is 24.0. The van der Waals surface area contributed by atoms with E-state index in [0.29, 0.717) is 35.0 Å². The number of halogens is 5. The standard InChI is InChI=1S/C24H24BrCl2F2N5O2S/c1-4-34-22(19(7-12(2)3)30-23(36)15-6-5-13(26)8-17(15)27)32-33-24(34)37-11-20(35)31-21-16(25)9-14(28)10-18(21)29/h5-6,8-10,12,19H,4,7,11H2,1-3H3,(H,30,36)(H,31,35)/t19-/m1/s1. The third kappa shape index (κ3) is 7.66. The minimum atomic E-state index is -0.891. The maximum Gasteiger partial charge on any atom is 0.253 e. The first-order chi connectivity index (χ1) is 17.5. The number of rotatable bonds is 10. The third-order valence-electron chi connectivity index (χ3n) is 5.17. The molecular formula is C24H24BrCl2F2N5O2S. The molecule has 2 aromatic carbocycles. The first kappa shape index (κ1) is 29.3. The number of thioether (sulfide) groups is 1. The van der Waals surface area contributed by atoms with Crippen molar-refractivity contribution in [2.75, 3.05) is 11.1 Å². The quantitative estimate of drug-likeness (QED) is 0.237. The van der Waals surface area contributed by atoms with Gasteiger partial charge in [0.15, 0.2) is 16.8 Å². The van der Waals surface area contributed by atoms with E-state index in [1.807, 2.05) is 25.3 Å². The van der Waals surface area contributed by atoms with Gasteiger partial charge in [0.1, 0.15) is 5.82 Å². The highest BCUT2D eigenvalue weighted by atomic mass is 79.9. The highest BCUT2D eigenvalue weighted by molar-refractivity contribution is 9.10. The van der Waals surface area contributed by atoms with Crippen LogP contribution in [0.5, 0.6) is 0 Å². The van der Waals surface area contributed by atoms with Gasteiger partial charge in [-0.1, -0.05) is 48.8 Å². The second-order valence-corrected chi connectivity index (χ2v) is 11.1. The molecule has 0 unspecified atom stereocenters. The minimum absolute atomic E-state index is 0.0930. The van der Waals surface area contributed by atoms with E-state index >= 15 is 0 Å². The molecule has 0 bridgehead atoms. The van der Waals surface area contributed by atoms with Gasteiger partial charge >= 0.3 is 0 Å². The van der Waals surface area contributed by atoms with Gasteiger partial charge in [-0.25, -0.2) is 8.78 Å². The van der Waals surface area contributed by atoms with E-state index < -0.39 is 23.6 Å². The van der Waals surface area contributed by atoms with Crippen LogP contribution in [0, 0.1) is 17.6 Å². The Bertz CT molecular complexity index is 1290. The molecule has 2 amide bonds. The minimum Gasteiger partial charge on any atom is -0.342 e. The second kappa shape index (κ2) is 13.0. The summed E-state index contributed by atoms with van der Waals surface area (Å²) in [7, 11) is 0. The van der Waals surface area contributed by atoms with Gasteiger partial charge in [-0.2, -0.15) is 0 Å². The van der Waals surface area contributed by atoms with Gasteiger partial charge in [0.2, 0.25) is 5.91 Å². The normalized spacial score (nSPS) is 12.0. The third-order valence-corrected chi connectivity index (χ3v) is 7.31. The number of aromatic nitrogens is 3. The maximum absolute atomic E-state index is 14.1. The Balaban J connectivity index is 1.76. The Morgan fingerprint density at radius 3 is 2.51 bits per heavy atom. The molecule has 2 N–H and O–H groups in total. The molecule has 0 aliphatic heterocycles. The van der Waals surface area contributed by atoms with Crippen molar-refractivity contribution >= 4 is 68.4 Å². The van der Waals surface area contributed by atoms with Gasteiger partial charge < -0.3 is 15.2 Å². The van der Waals surface area contributed by atoms with Gasteiger partial charge in [0.05, 0.1) is 28.1 Å². The van der Waals surface area contributed by atoms with Crippen LogP contribution >= 0.6 is 50.9 Å². The lowest BCUT2D eigenvalue weighted by Crippen LogP contribution is -2.32. The molecule has 1 heterocycles. The largest absolute Gasteiger partial charge is 0.342 e. The summed E-state index contributed by atoms with van der Waals surface area (Å²) < 4.78 is 29.3. The van der Waals surface area contributed by atoms with Crippen molar-refractivity contribution in [3.8, 4) is 0 Å². The van der Waals surface area contributed by atoms with Gasteiger partial charge in [0, 0.05) is 22.1 Å². The highest BCUT2D eigenvalue weighted by Gasteiger charge is 2.25. The molecule has 13 heteroatoms. The highest BCUT2D eigenvalue weighted by Crippen LogP contribution is 2.29. The molecule has 0 aliphatic rings. The summed E-state index contributed by atoms with van der Waals surface area (Å²) in [6.07, 6.45) is 0.581. The summed E-state index contributed by atoms with van der Waals surface area (Å²) in [5, 5.41) is 15.1. The van der Waals surface area contributed by atoms with Gasteiger partial charge in [-0.15, -0.1) is 10.2 Å². The van der Waals surface area contributed by atoms with Crippen molar-refractivity contribution in [2.45, 2.75) is 44.9 Å². The number of amides is 2. The lowest BCUT2D eigenvalue weighted by Gasteiger charge is -2.21. The number of hydrogen-bond acceptors (Lipinski definition) is 5. The molecule has 0 aliphatic carbocycles. The molecule has 1 atom stereocenters. The summed E-state index contributed by atoms with van der Waals surface area (Å²) in [4.78, 5) is 25.5. The zero-order valence-electron chi connectivity index (χ0n) is 20.1. The van der Waals surface area contributed by atoms with E-state index in [0.717, 1.165) is 17.8 Å². The van der Waals surface area contributed by atoms with Crippen LogP contribution in [0.25, 0.3) is 0 Å². The molecule has 7 nitrogen and oxygen atoms in total.